The maximum atomic E-state index is 8.76. The van der Waals surface area contributed by atoms with Crippen LogP contribution in [0, 0.1) is 0 Å². The van der Waals surface area contributed by atoms with E-state index in [1.165, 1.54) is 0 Å². The Balaban J connectivity index is 1.24. The van der Waals surface area contributed by atoms with Crippen LogP contribution in [0.15, 0.2) is 154 Å². The first-order chi connectivity index (χ1) is 24.6. The molecule has 0 unspecified atom stereocenters. The van der Waals surface area contributed by atoms with Gasteiger partial charge in [0.15, 0.2) is 5.58 Å². The maximum absolute atomic E-state index is 8.76. The molecule has 0 N–H and O–H groups in total. The molecule has 0 radical (unpaired) electrons. The maximum Gasteiger partial charge on any atom is 0.227 e. The lowest BCUT2D eigenvalue weighted by molar-refractivity contribution is 0.623. The third-order valence-electron chi connectivity index (χ3n) is 7.72. The summed E-state index contributed by atoms with van der Waals surface area (Å²) in [6, 6.07) is 27.8. The van der Waals surface area contributed by atoms with Crippen LogP contribution in [0.3, 0.4) is 0 Å². The van der Waals surface area contributed by atoms with Crippen LogP contribution < -0.4 is 4.90 Å². The number of benzene rings is 7. The van der Waals surface area contributed by atoms with E-state index in [1.54, 1.807) is 0 Å². The third kappa shape index (κ3) is 3.74. The normalized spacial score (nSPS) is 14.3. The molecule has 7 aromatic carbocycles. The Morgan fingerprint density at radius 3 is 1.95 bits per heavy atom. The van der Waals surface area contributed by atoms with E-state index in [0.717, 1.165) is 39.0 Å². The lowest BCUT2D eigenvalue weighted by Crippen LogP contribution is -2.09. The fourth-order valence-electron chi connectivity index (χ4n) is 5.76. The zero-order chi connectivity index (χ0) is 35.3. The Morgan fingerprint density at radius 1 is 0.512 bits per heavy atom. The molecule has 202 valence electrons. The first kappa shape index (κ1) is 17.2. The SMILES string of the molecule is [2H]c1c([2H])c([2H])c2c(c1[2H])c1nc(-c3ccc(N(c4ccccc4)c4ccc5oc6ccccc6c5c4)cc3)oc1c1c([2H])c([2H])c([2H])c([2H])c12. The molecule has 0 saturated carbocycles. The van der Waals surface area contributed by atoms with Crippen LogP contribution in [0.25, 0.3) is 66.0 Å². The molecule has 4 nitrogen and oxygen atoms in total. The van der Waals surface area contributed by atoms with Crippen molar-refractivity contribution in [2.24, 2.45) is 0 Å². The summed E-state index contributed by atoms with van der Waals surface area (Å²) in [4.78, 5) is 6.83. The molecule has 0 bridgehead atoms. The van der Waals surface area contributed by atoms with Crippen LogP contribution in [0.2, 0.25) is 0 Å². The van der Waals surface area contributed by atoms with Gasteiger partial charge in [0.05, 0.1) is 11.0 Å². The number of aromatic nitrogens is 1. The van der Waals surface area contributed by atoms with E-state index < -0.39 is 36.3 Å². The lowest BCUT2D eigenvalue weighted by Gasteiger charge is -2.25. The summed E-state index contributed by atoms with van der Waals surface area (Å²) in [5.41, 5.74) is 4.94. The van der Waals surface area contributed by atoms with Crippen molar-refractivity contribution in [3.05, 3.63) is 145 Å². The second kappa shape index (κ2) is 9.33. The fourth-order valence-corrected chi connectivity index (χ4v) is 5.76. The first-order valence-corrected chi connectivity index (χ1v) is 13.7. The van der Waals surface area contributed by atoms with E-state index in [2.05, 4.69) is 11.0 Å². The number of hydrogen-bond acceptors (Lipinski definition) is 4. The second-order valence-electron chi connectivity index (χ2n) is 10.2. The molecule has 2 heterocycles. The highest BCUT2D eigenvalue weighted by atomic mass is 16.3. The molecule has 0 atom stereocenters. The molecular formula is C39H24N2O2. The van der Waals surface area contributed by atoms with Crippen LogP contribution in [-0.4, -0.2) is 4.98 Å². The summed E-state index contributed by atoms with van der Waals surface area (Å²) in [6.45, 7) is 0. The minimum absolute atomic E-state index is 0.00122. The Labute approximate surface area is 258 Å². The van der Waals surface area contributed by atoms with Gasteiger partial charge in [-0.2, -0.15) is 0 Å². The summed E-state index contributed by atoms with van der Waals surface area (Å²) in [5, 5.41) is 1.95. The quantitative estimate of drug-likeness (QED) is 0.201. The smallest absolute Gasteiger partial charge is 0.227 e. The number of nitrogens with zero attached hydrogens (tertiary/aromatic N) is 2. The highest BCUT2D eigenvalue weighted by molar-refractivity contribution is 6.22. The number of oxazole rings is 1. The molecular weight excluding hydrogens is 528 g/mol. The van der Waals surface area contributed by atoms with Crippen LogP contribution in [0.4, 0.5) is 17.1 Å². The van der Waals surface area contributed by atoms with E-state index >= 15 is 0 Å². The minimum atomic E-state index is -0.515. The average Bonchev–Trinajstić information content (AvgIpc) is 3.76. The van der Waals surface area contributed by atoms with Crippen molar-refractivity contribution in [1.82, 2.24) is 4.98 Å². The monoisotopic (exact) mass is 560 g/mol. The van der Waals surface area contributed by atoms with Gasteiger partial charge < -0.3 is 13.7 Å². The Kier molecular flexibility index (Phi) is 3.73. The second-order valence-corrected chi connectivity index (χ2v) is 10.2. The largest absolute Gasteiger partial charge is 0.456 e. The molecule has 43 heavy (non-hydrogen) atoms. The van der Waals surface area contributed by atoms with Gasteiger partial charge in [0.25, 0.3) is 0 Å². The number of anilines is 3. The number of fused-ring (bicyclic) bond motifs is 9. The minimum Gasteiger partial charge on any atom is -0.456 e. The van der Waals surface area contributed by atoms with Crippen LogP contribution in [0.5, 0.6) is 0 Å². The molecule has 0 aliphatic carbocycles. The summed E-state index contributed by atoms with van der Waals surface area (Å²) in [7, 11) is 0. The van der Waals surface area contributed by atoms with Crippen molar-refractivity contribution in [2.75, 3.05) is 4.90 Å². The van der Waals surface area contributed by atoms with E-state index in [4.69, 9.17) is 24.8 Å². The number of rotatable bonds is 4. The topological polar surface area (TPSA) is 42.4 Å². The van der Waals surface area contributed by atoms with Crippen LogP contribution >= 0.6 is 0 Å². The van der Waals surface area contributed by atoms with Gasteiger partial charge in [-0.25, -0.2) is 4.98 Å². The molecule has 0 spiro atoms. The van der Waals surface area contributed by atoms with E-state index in [1.807, 2.05) is 91.0 Å². The number of para-hydroxylation sites is 2. The zero-order valence-electron chi connectivity index (χ0n) is 30.4. The summed E-state index contributed by atoms with van der Waals surface area (Å²) >= 11 is 0. The third-order valence-corrected chi connectivity index (χ3v) is 7.72. The number of hydrogen-bond donors (Lipinski definition) is 0. The van der Waals surface area contributed by atoms with E-state index in [0.29, 0.717) is 5.56 Å². The van der Waals surface area contributed by atoms with Gasteiger partial charge in [0, 0.05) is 44.2 Å². The van der Waals surface area contributed by atoms with Gasteiger partial charge in [-0.05, 0) is 71.4 Å². The number of furan rings is 1. The zero-order valence-corrected chi connectivity index (χ0v) is 22.4. The Morgan fingerprint density at radius 2 is 1.14 bits per heavy atom. The van der Waals surface area contributed by atoms with Gasteiger partial charge in [-0.3, -0.25) is 0 Å². The highest BCUT2D eigenvalue weighted by Crippen LogP contribution is 2.40. The fraction of sp³-hybridized carbons (Fsp3) is 0. The van der Waals surface area contributed by atoms with Crippen LogP contribution in [0.1, 0.15) is 11.0 Å². The van der Waals surface area contributed by atoms with Gasteiger partial charge in [0.2, 0.25) is 5.89 Å². The predicted octanol–water partition coefficient (Wildman–Crippen LogP) is 11.2. The lowest BCUT2D eigenvalue weighted by atomic mass is 10.0. The van der Waals surface area contributed by atoms with Gasteiger partial charge in [-0.1, -0.05) is 84.7 Å². The molecule has 2 aromatic heterocycles. The average molecular weight is 561 g/mol. The molecule has 0 aliphatic heterocycles. The molecule has 0 aliphatic rings. The summed E-state index contributed by atoms with van der Waals surface area (Å²) in [6.07, 6.45) is 0. The standard InChI is InChI=1S/C39H24N2O2/c1-2-10-26(11-3-1)41(28-22-23-36-34(24-28)31-14-8-9-17-35(31)42-36)27-20-18-25(19-21-27)39-40-37-32-15-6-4-12-29(32)30-13-5-7-16-33(30)38(37)43-39/h1-24H/i4D,5D,6D,7D,12D,13D,15D,16D. The predicted molar refractivity (Wildman–Crippen MR) is 176 cm³/mol. The van der Waals surface area contributed by atoms with Crippen molar-refractivity contribution in [3.63, 3.8) is 0 Å². The molecule has 0 saturated heterocycles. The first-order valence-electron chi connectivity index (χ1n) is 17.7. The van der Waals surface area contributed by atoms with Crippen molar-refractivity contribution in [2.45, 2.75) is 0 Å². The molecule has 0 fully saturated rings. The van der Waals surface area contributed by atoms with Crippen LogP contribution in [-0.2, 0) is 0 Å². The van der Waals surface area contributed by atoms with Crippen molar-refractivity contribution >= 4 is 71.6 Å². The molecule has 9 rings (SSSR count). The summed E-state index contributed by atoms with van der Waals surface area (Å²) in [5.74, 6) is 0.128. The van der Waals surface area contributed by atoms with Gasteiger partial charge in [0.1, 0.15) is 16.7 Å². The van der Waals surface area contributed by atoms with E-state index in [9.17, 15) is 0 Å². The summed E-state index contributed by atoms with van der Waals surface area (Å²) < 4.78 is 80.7. The van der Waals surface area contributed by atoms with Gasteiger partial charge >= 0.3 is 0 Å². The highest BCUT2D eigenvalue weighted by Gasteiger charge is 2.18. The van der Waals surface area contributed by atoms with E-state index in [-0.39, 0.29) is 50.6 Å². The van der Waals surface area contributed by atoms with Gasteiger partial charge in [-0.15, -0.1) is 0 Å². The van der Waals surface area contributed by atoms with Crippen molar-refractivity contribution < 1.29 is 19.8 Å². The molecule has 9 aromatic rings. The van der Waals surface area contributed by atoms with Crippen molar-refractivity contribution in [1.29, 1.82) is 0 Å². The Bertz CT molecular complexity index is 2810. The van der Waals surface area contributed by atoms with Crippen molar-refractivity contribution in [3.8, 4) is 11.5 Å². The molecule has 0 amide bonds. The molecule has 4 heteroatoms. The Hall–Kier alpha value is -5.87.